The first-order valence-corrected chi connectivity index (χ1v) is 6.00. The average molecular weight is 244 g/mol. The molecule has 0 aliphatic heterocycles. The Morgan fingerprint density at radius 2 is 2.22 bits per heavy atom. The van der Waals surface area contributed by atoms with E-state index >= 15 is 0 Å². The highest BCUT2D eigenvalue weighted by Crippen LogP contribution is 2.18. The minimum atomic E-state index is -0.899. The Kier molecular flexibility index (Phi) is 3.46. The smallest absolute Gasteiger partial charge is 0.335 e. The minimum absolute atomic E-state index is 0.313. The number of imidazole rings is 1. The van der Waals surface area contributed by atoms with E-state index in [-0.39, 0.29) is 0 Å². The van der Waals surface area contributed by atoms with Crippen LogP contribution < -0.4 is 0 Å². The van der Waals surface area contributed by atoms with E-state index in [0.29, 0.717) is 5.56 Å². The summed E-state index contributed by atoms with van der Waals surface area (Å²) in [4.78, 5) is 15.2. The lowest BCUT2D eigenvalue weighted by Gasteiger charge is -2.11. The van der Waals surface area contributed by atoms with Crippen molar-refractivity contribution in [2.45, 2.75) is 26.7 Å². The summed E-state index contributed by atoms with van der Waals surface area (Å²) in [6, 6.07) is 5.15. The molecule has 1 aromatic carbocycles. The molecule has 2 aromatic rings. The number of carbonyl (C=O) groups is 1. The van der Waals surface area contributed by atoms with Crippen LogP contribution in [0.3, 0.4) is 0 Å². The summed E-state index contributed by atoms with van der Waals surface area (Å²) in [5.41, 5.74) is 2.24. The van der Waals surface area contributed by atoms with Gasteiger partial charge in [0.05, 0.1) is 5.56 Å². The molecule has 2 rings (SSSR count). The predicted octanol–water partition coefficient (Wildman–Crippen LogP) is 2.83. The molecule has 0 aliphatic carbocycles. The molecule has 1 N–H and O–H groups in total. The summed E-state index contributed by atoms with van der Waals surface area (Å²) in [5.74, 6) is 0.104. The molecular formula is C14H16N2O2. The van der Waals surface area contributed by atoms with Gasteiger partial charge in [-0.25, -0.2) is 9.78 Å². The molecule has 94 valence electrons. The van der Waals surface area contributed by atoms with Crippen LogP contribution in [-0.2, 0) is 6.42 Å². The van der Waals surface area contributed by atoms with E-state index in [1.165, 1.54) is 0 Å². The van der Waals surface area contributed by atoms with Crippen molar-refractivity contribution in [3.63, 3.8) is 0 Å². The van der Waals surface area contributed by atoms with Gasteiger partial charge in [-0.15, -0.1) is 0 Å². The standard InChI is InChI=1S/C14H16N2O2/c1-3-4-13-15-7-8-16(13)12-6-5-11(14(17)18)9-10(12)2/h5-9H,3-4H2,1-2H3,(H,17,18). The van der Waals surface area contributed by atoms with Crippen LogP contribution in [0.4, 0.5) is 0 Å². The van der Waals surface area contributed by atoms with Gasteiger partial charge >= 0.3 is 5.97 Å². The van der Waals surface area contributed by atoms with Gasteiger partial charge in [0.2, 0.25) is 0 Å². The molecule has 0 bridgehead atoms. The van der Waals surface area contributed by atoms with E-state index in [9.17, 15) is 4.79 Å². The summed E-state index contributed by atoms with van der Waals surface area (Å²) in [6.07, 6.45) is 5.62. The fraction of sp³-hybridized carbons (Fsp3) is 0.286. The van der Waals surface area contributed by atoms with Crippen molar-refractivity contribution in [2.75, 3.05) is 0 Å². The molecule has 0 atom stereocenters. The molecule has 1 heterocycles. The van der Waals surface area contributed by atoms with E-state index in [0.717, 1.165) is 29.9 Å². The summed E-state index contributed by atoms with van der Waals surface area (Å²) in [5, 5.41) is 8.95. The predicted molar refractivity (Wildman–Crippen MR) is 69.3 cm³/mol. The second-order valence-electron chi connectivity index (χ2n) is 4.27. The van der Waals surface area contributed by atoms with Gasteiger partial charge in [0.1, 0.15) is 5.82 Å². The molecule has 0 aliphatic rings. The van der Waals surface area contributed by atoms with E-state index in [1.54, 1.807) is 18.3 Å². The van der Waals surface area contributed by atoms with Crippen molar-refractivity contribution in [1.82, 2.24) is 9.55 Å². The van der Waals surface area contributed by atoms with E-state index in [1.807, 2.05) is 23.8 Å². The Morgan fingerprint density at radius 3 is 2.83 bits per heavy atom. The van der Waals surface area contributed by atoms with Crippen molar-refractivity contribution in [3.05, 3.63) is 47.5 Å². The maximum atomic E-state index is 10.9. The number of rotatable bonds is 4. The van der Waals surface area contributed by atoms with E-state index < -0.39 is 5.97 Å². The van der Waals surface area contributed by atoms with Gasteiger partial charge in [-0.2, -0.15) is 0 Å². The van der Waals surface area contributed by atoms with Crippen molar-refractivity contribution in [2.24, 2.45) is 0 Å². The normalized spacial score (nSPS) is 10.6. The van der Waals surface area contributed by atoms with Crippen LogP contribution in [0, 0.1) is 6.92 Å². The van der Waals surface area contributed by atoms with Crippen molar-refractivity contribution < 1.29 is 9.90 Å². The maximum Gasteiger partial charge on any atom is 0.335 e. The Morgan fingerprint density at radius 1 is 1.44 bits per heavy atom. The molecule has 0 spiro atoms. The Hall–Kier alpha value is -2.10. The fourth-order valence-corrected chi connectivity index (χ4v) is 2.02. The molecule has 0 fully saturated rings. The number of carboxylic acid groups (broad SMARTS) is 1. The number of benzene rings is 1. The molecule has 4 heteroatoms. The zero-order valence-corrected chi connectivity index (χ0v) is 10.6. The van der Waals surface area contributed by atoms with Crippen LogP contribution in [0.1, 0.15) is 35.1 Å². The summed E-state index contributed by atoms with van der Waals surface area (Å²) in [6.45, 7) is 4.02. The quantitative estimate of drug-likeness (QED) is 0.899. The third-order valence-corrected chi connectivity index (χ3v) is 2.89. The Bertz CT molecular complexity index is 573. The van der Waals surface area contributed by atoms with Crippen molar-refractivity contribution in [1.29, 1.82) is 0 Å². The number of nitrogens with zero attached hydrogens (tertiary/aromatic N) is 2. The Labute approximate surface area is 106 Å². The number of aryl methyl sites for hydroxylation is 2. The second-order valence-corrected chi connectivity index (χ2v) is 4.27. The van der Waals surface area contributed by atoms with E-state index in [2.05, 4.69) is 11.9 Å². The maximum absolute atomic E-state index is 10.9. The first kappa shape index (κ1) is 12.4. The lowest BCUT2D eigenvalue weighted by atomic mass is 10.1. The van der Waals surface area contributed by atoms with Gasteiger partial charge in [-0.1, -0.05) is 6.92 Å². The number of carboxylic acids is 1. The van der Waals surface area contributed by atoms with Crippen LogP contribution in [0.2, 0.25) is 0 Å². The number of hydrogen-bond acceptors (Lipinski definition) is 2. The van der Waals surface area contributed by atoms with Crippen LogP contribution in [0.5, 0.6) is 0 Å². The fourth-order valence-electron chi connectivity index (χ4n) is 2.02. The van der Waals surface area contributed by atoms with Gasteiger partial charge in [0.25, 0.3) is 0 Å². The topological polar surface area (TPSA) is 55.1 Å². The molecule has 0 amide bonds. The zero-order chi connectivity index (χ0) is 13.1. The first-order chi connectivity index (χ1) is 8.63. The molecule has 0 saturated heterocycles. The highest BCUT2D eigenvalue weighted by Gasteiger charge is 2.09. The van der Waals surface area contributed by atoms with E-state index in [4.69, 9.17) is 5.11 Å². The summed E-state index contributed by atoms with van der Waals surface area (Å²) in [7, 11) is 0. The van der Waals surface area contributed by atoms with Gasteiger partial charge in [0.15, 0.2) is 0 Å². The molecule has 0 saturated carbocycles. The lowest BCUT2D eigenvalue weighted by Crippen LogP contribution is -2.04. The molecule has 18 heavy (non-hydrogen) atoms. The number of aromatic nitrogens is 2. The second kappa shape index (κ2) is 5.04. The largest absolute Gasteiger partial charge is 0.478 e. The Balaban J connectivity index is 2.44. The number of aromatic carboxylic acids is 1. The average Bonchev–Trinajstić information content (AvgIpc) is 2.77. The van der Waals surface area contributed by atoms with Gasteiger partial charge < -0.3 is 9.67 Å². The zero-order valence-electron chi connectivity index (χ0n) is 10.6. The van der Waals surface area contributed by atoms with Crippen molar-refractivity contribution in [3.8, 4) is 5.69 Å². The molecule has 0 radical (unpaired) electrons. The van der Waals surface area contributed by atoms with Gasteiger partial charge in [0, 0.05) is 24.5 Å². The van der Waals surface area contributed by atoms with Crippen LogP contribution in [0.15, 0.2) is 30.6 Å². The van der Waals surface area contributed by atoms with Gasteiger partial charge in [-0.3, -0.25) is 0 Å². The summed E-state index contributed by atoms with van der Waals surface area (Å²) < 4.78 is 2.02. The van der Waals surface area contributed by atoms with Crippen LogP contribution in [-0.4, -0.2) is 20.6 Å². The van der Waals surface area contributed by atoms with Crippen molar-refractivity contribution >= 4 is 5.97 Å². The van der Waals surface area contributed by atoms with Crippen LogP contribution in [0.25, 0.3) is 5.69 Å². The molecule has 4 nitrogen and oxygen atoms in total. The minimum Gasteiger partial charge on any atom is -0.478 e. The third kappa shape index (κ3) is 2.27. The lowest BCUT2D eigenvalue weighted by molar-refractivity contribution is 0.0697. The molecular weight excluding hydrogens is 228 g/mol. The molecule has 1 aromatic heterocycles. The van der Waals surface area contributed by atoms with Crippen LogP contribution >= 0.6 is 0 Å². The third-order valence-electron chi connectivity index (χ3n) is 2.89. The first-order valence-electron chi connectivity index (χ1n) is 6.00. The molecule has 0 unspecified atom stereocenters. The number of hydrogen-bond donors (Lipinski definition) is 1. The monoisotopic (exact) mass is 244 g/mol. The highest BCUT2D eigenvalue weighted by molar-refractivity contribution is 5.88. The summed E-state index contributed by atoms with van der Waals surface area (Å²) >= 11 is 0. The SMILES string of the molecule is CCCc1nccn1-c1ccc(C(=O)O)cc1C. The van der Waals surface area contributed by atoms with Gasteiger partial charge in [-0.05, 0) is 37.1 Å². The highest BCUT2D eigenvalue weighted by atomic mass is 16.4.